The molecule has 0 N–H and O–H groups in total. The second-order valence-electron chi connectivity index (χ2n) is 3.26. The third-order valence-electron chi connectivity index (χ3n) is 2.42. The molecule has 2 nitrogen and oxygen atoms in total. The number of carbonyl (C=O) groups excluding carboxylic acids is 1. The van der Waals surface area contributed by atoms with E-state index in [0.717, 1.165) is 19.3 Å². The average molecular weight is 141 g/mol. The van der Waals surface area contributed by atoms with Crippen molar-refractivity contribution in [2.75, 3.05) is 13.6 Å². The fourth-order valence-corrected chi connectivity index (χ4v) is 1.43. The lowest BCUT2D eigenvalue weighted by atomic mass is 9.95. The molecule has 0 bridgehead atoms. The molecule has 0 spiro atoms. The van der Waals surface area contributed by atoms with Crippen molar-refractivity contribution in [3.05, 3.63) is 0 Å². The van der Waals surface area contributed by atoms with Crippen LogP contribution in [0.5, 0.6) is 0 Å². The van der Waals surface area contributed by atoms with Gasteiger partial charge in [-0.3, -0.25) is 0 Å². The van der Waals surface area contributed by atoms with Crippen molar-refractivity contribution in [1.82, 2.24) is 4.90 Å². The van der Waals surface area contributed by atoms with E-state index in [0.29, 0.717) is 12.0 Å². The minimum absolute atomic E-state index is 0.293. The number of rotatable bonds is 1. The predicted octanol–water partition coefficient (Wildman–Crippen LogP) is 0.916. The molecular weight excluding hydrogens is 126 g/mol. The number of hydrogen-bond acceptors (Lipinski definition) is 2. The maximum atomic E-state index is 10.4. The van der Waals surface area contributed by atoms with Crippen LogP contribution in [-0.4, -0.2) is 30.8 Å². The molecule has 10 heavy (non-hydrogen) atoms. The van der Waals surface area contributed by atoms with Crippen molar-refractivity contribution in [2.45, 2.75) is 25.8 Å². The Morgan fingerprint density at radius 2 is 2.20 bits per heavy atom. The molecular formula is C8H15NO. The van der Waals surface area contributed by atoms with Gasteiger partial charge in [-0.15, -0.1) is 0 Å². The first kappa shape index (κ1) is 7.73. The number of hydrogen-bond donors (Lipinski definition) is 0. The van der Waals surface area contributed by atoms with Crippen LogP contribution < -0.4 is 0 Å². The van der Waals surface area contributed by atoms with Crippen molar-refractivity contribution in [1.29, 1.82) is 0 Å². The molecule has 0 aromatic rings. The van der Waals surface area contributed by atoms with Crippen LogP contribution in [0.3, 0.4) is 0 Å². The lowest BCUT2D eigenvalue weighted by Gasteiger charge is -2.32. The van der Waals surface area contributed by atoms with Gasteiger partial charge >= 0.3 is 0 Å². The third-order valence-corrected chi connectivity index (χ3v) is 2.42. The van der Waals surface area contributed by atoms with Crippen LogP contribution in [0, 0.1) is 5.92 Å². The van der Waals surface area contributed by atoms with Crippen molar-refractivity contribution in [3.63, 3.8) is 0 Å². The second kappa shape index (κ2) is 3.15. The molecule has 0 saturated carbocycles. The molecule has 0 amide bonds. The number of likely N-dealkylation sites (tertiary alicyclic amines) is 1. The van der Waals surface area contributed by atoms with Gasteiger partial charge in [0.05, 0.1) is 0 Å². The Balaban J connectivity index is 2.40. The van der Waals surface area contributed by atoms with Gasteiger partial charge in [-0.25, -0.2) is 0 Å². The highest BCUT2D eigenvalue weighted by molar-refractivity contribution is 5.53. The summed E-state index contributed by atoms with van der Waals surface area (Å²) >= 11 is 0. The molecule has 58 valence electrons. The summed E-state index contributed by atoms with van der Waals surface area (Å²) in [6.07, 6.45) is 3.33. The van der Waals surface area contributed by atoms with E-state index < -0.39 is 0 Å². The zero-order valence-electron chi connectivity index (χ0n) is 6.71. The van der Waals surface area contributed by atoms with E-state index in [-0.39, 0.29) is 0 Å². The molecule has 0 aliphatic carbocycles. The zero-order chi connectivity index (χ0) is 7.56. The van der Waals surface area contributed by atoms with E-state index in [1.54, 1.807) is 0 Å². The van der Waals surface area contributed by atoms with Gasteiger partial charge in [0.25, 0.3) is 0 Å². The fourth-order valence-electron chi connectivity index (χ4n) is 1.43. The minimum atomic E-state index is 0.293. The van der Waals surface area contributed by atoms with E-state index in [4.69, 9.17) is 0 Å². The highest BCUT2D eigenvalue weighted by Gasteiger charge is 2.21. The van der Waals surface area contributed by atoms with Crippen LogP contribution in [0.2, 0.25) is 0 Å². The third kappa shape index (κ3) is 1.57. The maximum absolute atomic E-state index is 10.4. The Bertz CT molecular complexity index is 124. The van der Waals surface area contributed by atoms with Gasteiger partial charge in [0.15, 0.2) is 0 Å². The number of carbonyl (C=O) groups is 1. The minimum Gasteiger partial charge on any atom is -0.303 e. The van der Waals surface area contributed by atoms with Gasteiger partial charge in [0.1, 0.15) is 6.29 Å². The molecule has 1 saturated heterocycles. The number of aldehydes is 1. The molecule has 1 aliphatic rings. The summed E-state index contributed by atoms with van der Waals surface area (Å²) in [5.41, 5.74) is 0. The fraction of sp³-hybridized carbons (Fsp3) is 0.875. The molecule has 2 heteroatoms. The first-order chi connectivity index (χ1) is 4.74. The van der Waals surface area contributed by atoms with Crippen LogP contribution in [0.1, 0.15) is 19.8 Å². The number of nitrogens with zero attached hydrogens (tertiary/aromatic N) is 1. The summed E-state index contributed by atoms with van der Waals surface area (Å²) in [5, 5.41) is 0. The largest absolute Gasteiger partial charge is 0.303 e. The Labute approximate surface area is 62.2 Å². The summed E-state index contributed by atoms with van der Waals surface area (Å²) in [7, 11) is 2.08. The summed E-state index contributed by atoms with van der Waals surface area (Å²) in [5.74, 6) is 0.293. The predicted molar refractivity (Wildman–Crippen MR) is 40.9 cm³/mol. The summed E-state index contributed by atoms with van der Waals surface area (Å²) in [4.78, 5) is 12.6. The first-order valence-corrected chi connectivity index (χ1v) is 3.89. The summed E-state index contributed by atoms with van der Waals surface area (Å²) in [6, 6.07) is 0.663. The van der Waals surface area contributed by atoms with E-state index in [1.807, 2.05) is 0 Å². The van der Waals surface area contributed by atoms with Crippen molar-refractivity contribution in [3.8, 4) is 0 Å². The standard InChI is InChI=1S/C8H15NO/c1-7-3-4-8(6-10)5-9(7)2/h6-8H,3-5H2,1-2H3/t7-,8-/m0/s1. The molecule has 1 heterocycles. The second-order valence-corrected chi connectivity index (χ2v) is 3.26. The van der Waals surface area contributed by atoms with Crippen molar-refractivity contribution < 1.29 is 4.79 Å². The van der Waals surface area contributed by atoms with Gasteiger partial charge in [-0.05, 0) is 26.8 Å². The van der Waals surface area contributed by atoms with E-state index in [2.05, 4.69) is 18.9 Å². The van der Waals surface area contributed by atoms with Gasteiger partial charge < -0.3 is 9.69 Å². The van der Waals surface area contributed by atoms with Crippen LogP contribution >= 0.6 is 0 Å². The van der Waals surface area contributed by atoms with Crippen LogP contribution in [0.15, 0.2) is 0 Å². The summed E-state index contributed by atoms with van der Waals surface area (Å²) in [6.45, 7) is 3.16. The molecule has 0 aromatic carbocycles. The zero-order valence-corrected chi connectivity index (χ0v) is 6.71. The quantitative estimate of drug-likeness (QED) is 0.506. The topological polar surface area (TPSA) is 20.3 Å². The highest BCUT2D eigenvalue weighted by atomic mass is 16.1. The molecule has 0 unspecified atom stereocenters. The highest BCUT2D eigenvalue weighted by Crippen LogP contribution is 2.17. The maximum Gasteiger partial charge on any atom is 0.124 e. The van der Waals surface area contributed by atoms with Crippen LogP contribution in [0.4, 0.5) is 0 Å². The van der Waals surface area contributed by atoms with E-state index in [9.17, 15) is 4.79 Å². The Morgan fingerprint density at radius 3 is 2.70 bits per heavy atom. The van der Waals surface area contributed by atoms with Gasteiger partial charge in [-0.2, -0.15) is 0 Å². The molecule has 0 aromatic heterocycles. The Kier molecular flexibility index (Phi) is 2.44. The molecule has 2 atom stereocenters. The Morgan fingerprint density at radius 1 is 1.50 bits per heavy atom. The first-order valence-electron chi connectivity index (χ1n) is 3.89. The summed E-state index contributed by atoms with van der Waals surface area (Å²) < 4.78 is 0. The van der Waals surface area contributed by atoms with Crippen molar-refractivity contribution in [2.24, 2.45) is 5.92 Å². The Hall–Kier alpha value is -0.370. The van der Waals surface area contributed by atoms with E-state index in [1.165, 1.54) is 6.42 Å². The van der Waals surface area contributed by atoms with Crippen LogP contribution in [-0.2, 0) is 4.79 Å². The SMILES string of the molecule is C[C@H]1CC[C@H](C=O)CN1C. The van der Waals surface area contributed by atoms with Gasteiger partial charge in [0, 0.05) is 18.5 Å². The van der Waals surface area contributed by atoms with Gasteiger partial charge in [0.2, 0.25) is 0 Å². The van der Waals surface area contributed by atoms with E-state index >= 15 is 0 Å². The number of piperidine rings is 1. The van der Waals surface area contributed by atoms with Gasteiger partial charge in [-0.1, -0.05) is 0 Å². The average Bonchev–Trinajstić information content (AvgIpc) is 1.95. The normalized spacial score (nSPS) is 35.8. The van der Waals surface area contributed by atoms with Crippen molar-refractivity contribution >= 4 is 6.29 Å². The molecule has 0 radical (unpaired) electrons. The lowest BCUT2D eigenvalue weighted by Crippen LogP contribution is -2.39. The van der Waals surface area contributed by atoms with Crippen LogP contribution in [0.25, 0.3) is 0 Å². The molecule has 1 rings (SSSR count). The molecule has 1 fully saturated rings. The molecule has 1 aliphatic heterocycles. The monoisotopic (exact) mass is 141 g/mol. The smallest absolute Gasteiger partial charge is 0.124 e. The lowest BCUT2D eigenvalue weighted by molar-refractivity contribution is -0.112.